The van der Waals surface area contributed by atoms with Crippen molar-refractivity contribution < 1.29 is 4.79 Å². The van der Waals surface area contributed by atoms with Gasteiger partial charge in [-0.2, -0.15) is 0 Å². The second-order valence-electron chi connectivity index (χ2n) is 3.81. The third-order valence-electron chi connectivity index (χ3n) is 2.79. The molecule has 0 fully saturated rings. The Morgan fingerprint density at radius 2 is 2.20 bits per heavy atom. The molecule has 0 amide bonds. The molecule has 15 heavy (non-hydrogen) atoms. The van der Waals surface area contributed by atoms with Crippen LogP contribution in [0.2, 0.25) is 0 Å². The largest absolute Gasteiger partial charge is 0.294 e. The van der Waals surface area contributed by atoms with E-state index in [1.165, 1.54) is 0 Å². The molecule has 3 rings (SSSR count). The van der Waals surface area contributed by atoms with Crippen LogP contribution in [0, 0.1) is 0 Å². The predicted molar refractivity (Wildman–Crippen MR) is 56.8 cm³/mol. The Labute approximate surface area is 87.2 Å². The second-order valence-corrected chi connectivity index (χ2v) is 3.81. The lowest BCUT2D eigenvalue weighted by Crippen LogP contribution is -2.12. The quantitative estimate of drug-likeness (QED) is 0.651. The lowest BCUT2D eigenvalue weighted by molar-refractivity contribution is 0.0972. The lowest BCUT2D eigenvalue weighted by Gasteiger charge is -2.13. The van der Waals surface area contributed by atoms with Gasteiger partial charge in [-0.25, -0.2) is 9.97 Å². The molecule has 2 aromatic rings. The van der Waals surface area contributed by atoms with Crippen LogP contribution in [0.15, 0.2) is 24.4 Å². The Morgan fingerprint density at radius 3 is 3.13 bits per heavy atom. The van der Waals surface area contributed by atoms with E-state index in [1.54, 1.807) is 6.20 Å². The van der Waals surface area contributed by atoms with E-state index in [1.807, 2.05) is 18.2 Å². The minimum atomic E-state index is 0.217. The maximum absolute atomic E-state index is 11.7. The van der Waals surface area contributed by atoms with Crippen molar-refractivity contribution in [3.05, 3.63) is 35.7 Å². The molecule has 0 saturated carbocycles. The fourth-order valence-corrected chi connectivity index (χ4v) is 2.03. The molecule has 0 aliphatic heterocycles. The fraction of sp³-hybridized carbons (Fsp3) is 0.250. The van der Waals surface area contributed by atoms with Gasteiger partial charge >= 0.3 is 0 Å². The molecular weight excluding hydrogens is 188 g/mol. The number of rotatable bonds is 0. The molecule has 1 aliphatic carbocycles. The summed E-state index contributed by atoms with van der Waals surface area (Å²) >= 11 is 0. The summed E-state index contributed by atoms with van der Waals surface area (Å²) in [4.78, 5) is 20.3. The average molecular weight is 198 g/mol. The van der Waals surface area contributed by atoms with Gasteiger partial charge in [0.05, 0.1) is 5.69 Å². The minimum Gasteiger partial charge on any atom is -0.294 e. The minimum absolute atomic E-state index is 0.217. The molecule has 0 spiro atoms. The Morgan fingerprint density at radius 1 is 1.27 bits per heavy atom. The number of carbonyl (C=O) groups excluding carboxylic acids is 1. The monoisotopic (exact) mass is 198 g/mol. The van der Waals surface area contributed by atoms with Crippen molar-refractivity contribution in [2.75, 3.05) is 0 Å². The zero-order valence-corrected chi connectivity index (χ0v) is 8.23. The van der Waals surface area contributed by atoms with E-state index in [2.05, 4.69) is 9.97 Å². The molecular formula is C12H10N2O. The summed E-state index contributed by atoms with van der Waals surface area (Å²) in [5.41, 5.74) is 2.45. The maximum Gasteiger partial charge on any atom is 0.164 e. The summed E-state index contributed by atoms with van der Waals surface area (Å²) in [7, 11) is 0. The number of aryl methyl sites for hydroxylation is 1. The zero-order chi connectivity index (χ0) is 10.3. The van der Waals surface area contributed by atoms with Crippen molar-refractivity contribution in [1.29, 1.82) is 0 Å². The number of carbonyl (C=O) groups is 1. The van der Waals surface area contributed by atoms with Gasteiger partial charge in [0, 0.05) is 23.6 Å². The van der Waals surface area contributed by atoms with Crippen LogP contribution in [-0.4, -0.2) is 15.8 Å². The molecule has 0 bridgehead atoms. The van der Waals surface area contributed by atoms with E-state index >= 15 is 0 Å². The Bertz CT molecular complexity index is 548. The van der Waals surface area contributed by atoms with Gasteiger partial charge in [-0.15, -0.1) is 0 Å². The first kappa shape index (κ1) is 8.53. The van der Waals surface area contributed by atoms with Gasteiger partial charge in [-0.1, -0.05) is 0 Å². The highest BCUT2D eigenvalue weighted by Gasteiger charge is 2.18. The summed E-state index contributed by atoms with van der Waals surface area (Å²) in [6.45, 7) is 0. The number of pyridine rings is 2. The van der Waals surface area contributed by atoms with Gasteiger partial charge in [0.25, 0.3) is 0 Å². The van der Waals surface area contributed by atoms with Crippen LogP contribution in [0.4, 0.5) is 0 Å². The first-order valence-electron chi connectivity index (χ1n) is 5.12. The standard InChI is InChI=1S/C12H10N2O/c15-11-5-1-4-10-9(11)7-8-3-2-6-13-12(8)14-10/h2-3,6-7H,1,4-5H2. The van der Waals surface area contributed by atoms with Gasteiger partial charge in [0.1, 0.15) is 0 Å². The first-order chi connectivity index (χ1) is 7.34. The fourth-order valence-electron chi connectivity index (χ4n) is 2.03. The van der Waals surface area contributed by atoms with Crippen molar-refractivity contribution >= 4 is 16.8 Å². The molecule has 3 nitrogen and oxygen atoms in total. The first-order valence-corrected chi connectivity index (χ1v) is 5.12. The summed E-state index contributed by atoms with van der Waals surface area (Å²) < 4.78 is 0. The second kappa shape index (κ2) is 3.12. The van der Waals surface area contributed by atoms with E-state index < -0.39 is 0 Å². The van der Waals surface area contributed by atoms with Gasteiger partial charge in [-0.05, 0) is 31.0 Å². The van der Waals surface area contributed by atoms with E-state index in [4.69, 9.17) is 0 Å². The number of fused-ring (bicyclic) bond motifs is 2. The lowest BCUT2D eigenvalue weighted by atomic mass is 9.94. The average Bonchev–Trinajstić information content (AvgIpc) is 2.27. The maximum atomic E-state index is 11.7. The van der Waals surface area contributed by atoms with Crippen LogP contribution in [0.25, 0.3) is 11.0 Å². The number of hydrogen-bond donors (Lipinski definition) is 0. The highest BCUT2D eigenvalue weighted by molar-refractivity contribution is 6.00. The molecule has 0 aromatic carbocycles. The number of nitrogens with zero attached hydrogens (tertiary/aromatic N) is 2. The molecule has 0 radical (unpaired) electrons. The molecule has 0 atom stereocenters. The zero-order valence-electron chi connectivity index (χ0n) is 8.23. The number of aromatic nitrogens is 2. The van der Waals surface area contributed by atoms with Crippen molar-refractivity contribution in [2.24, 2.45) is 0 Å². The van der Waals surface area contributed by atoms with Gasteiger partial charge in [-0.3, -0.25) is 4.79 Å². The van der Waals surface area contributed by atoms with E-state index in [0.29, 0.717) is 6.42 Å². The van der Waals surface area contributed by atoms with Crippen molar-refractivity contribution in [2.45, 2.75) is 19.3 Å². The van der Waals surface area contributed by atoms with Gasteiger partial charge in [0.2, 0.25) is 0 Å². The molecule has 0 unspecified atom stereocenters. The van der Waals surface area contributed by atoms with Crippen LogP contribution in [0.5, 0.6) is 0 Å². The summed E-state index contributed by atoms with van der Waals surface area (Å²) in [5.74, 6) is 0.217. The van der Waals surface area contributed by atoms with Gasteiger partial charge < -0.3 is 0 Å². The normalized spacial score (nSPS) is 15.3. The van der Waals surface area contributed by atoms with Crippen molar-refractivity contribution in [1.82, 2.24) is 9.97 Å². The molecule has 74 valence electrons. The van der Waals surface area contributed by atoms with Gasteiger partial charge in [0.15, 0.2) is 11.4 Å². The van der Waals surface area contributed by atoms with Crippen LogP contribution < -0.4 is 0 Å². The number of ketones is 1. The summed E-state index contributed by atoms with van der Waals surface area (Å²) in [6, 6.07) is 5.73. The molecule has 2 heterocycles. The molecule has 0 saturated heterocycles. The molecule has 0 N–H and O–H groups in total. The highest BCUT2D eigenvalue weighted by atomic mass is 16.1. The van der Waals surface area contributed by atoms with Crippen LogP contribution in [0.3, 0.4) is 0 Å². The topological polar surface area (TPSA) is 42.9 Å². The van der Waals surface area contributed by atoms with Crippen molar-refractivity contribution in [3.63, 3.8) is 0 Å². The SMILES string of the molecule is O=C1CCCc2nc3ncccc3cc21. The molecule has 2 aromatic heterocycles. The third-order valence-corrected chi connectivity index (χ3v) is 2.79. The van der Waals surface area contributed by atoms with Crippen molar-refractivity contribution in [3.8, 4) is 0 Å². The molecule has 1 aliphatic rings. The highest BCUT2D eigenvalue weighted by Crippen LogP contribution is 2.22. The Kier molecular flexibility index (Phi) is 1.78. The number of hydrogen-bond acceptors (Lipinski definition) is 3. The van der Waals surface area contributed by atoms with Crippen LogP contribution >= 0.6 is 0 Å². The van der Waals surface area contributed by atoms with E-state index in [9.17, 15) is 4.79 Å². The van der Waals surface area contributed by atoms with Crippen LogP contribution in [0.1, 0.15) is 28.9 Å². The summed E-state index contributed by atoms with van der Waals surface area (Å²) in [5, 5.41) is 0.950. The summed E-state index contributed by atoms with van der Waals surface area (Å²) in [6.07, 6.45) is 4.19. The number of Topliss-reactive ketones (excluding diaryl/α,β-unsaturated/α-hetero) is 1. The van der Waals surface area contributed by atoms with E-state index in [0.717, 1.165) is 35.1 Å². The smallest absolute Gasteiger partial charge is 0.164 e. The van der Waals surface area contributed by atoms with E-state index in [-0.39, 0.29) is 5.78 Å². The Balaban J connectivity index is 2.32. The predicted octanol–water partition coefficient (Wildman–Crippen LogP) is 2.15. The molecule has 3 heteroatoms. The van der Waals surface area contributed by atoms with Crippen LogP contribution in [-0.2, 0) is 6.42 Å². The Hall–Kier alpha value is -1.77. The third kappa shape index (κ3) is 1.31.